The Hall–Kier alpha value is -2.22. The zero-order valence-electron chi connectivity index (χ0n) is 10.3. The van der Waals surface area contributed by atoms with E-state index in [-0.39, 0.29) is 11.6 Å². The molecule has 0 amide bonds. The lowest BCUT2D eigenvalue weighted by molar-refractivity contribution is 0.0980. The van der Waals surface area contributed by atoms with Gasteiger partial charge in [-0.1, -0.05) is 56.0 Å². The van der Waals surface area contributed by atoms with Crippen LogP contribution in [-0.2, 0) is 0 Å². The van der Waals surface area contributed by atoms with Crippen molar-refractivity contribution in [1.29, 1.82) is 0 Å². The van der Waals surface area contributed by atoms with Gasteiger partial charge >= 0.3 is 0 Å². The van der Waals surface area contributed by atoms with E-state index in [4.69, 9.17) is 0 Å². The van der Waals surface area contributed by atoms with Crippen LogP contribution in [0.3, 0.4) is 0 Å². The van der Waals surface area contributed by atoms with Gasteiger partial charge in [-0.05, 0) is 6.42 Å². The molecule has 0 radical (unpaired) electrons. The molecule has 0 aromatic heterocycles. The van der Waals surface area contributed by atoms with Gasteiger partial charge in [0.15, 0.2) is 11.6 Å². The first-order valence-electron chi connectivity index (χ1n) is 5.92. The van der Waals surface area contributed by atoms with Crippen molar-refractivity contribution in [2.45, 2.75) is 13.3 Å². The summed E-state index contributed by atoms with van der Waals surface area (Å²) in [7, 11) is 0. The maximum Gasteiger partial charge on any atom is 0.194 e. The molecule has 0 saturated carbocycles. The summed E-state index contributed by atoms with van der Waals surface area (Å²) >= 11 is 0. The summed E-state index contributed by atoms with van der Waals surface area (Å²) in [4.78, 5) is 24.6. The van der Waals surface area contributed by atoms with E-state index < -0.39 is 0 Å². The van der Waals surface area contributed by atoms with Crippen molar-refractivity contribution in [2.24, 2.45) is 0 Å². The van der Waals surface area contributed by atoms with E-state index in [0.29, 0.717) is 22.3 Å². The van der Waals surface area contributed by atoms with Crippen LogP contribution in [0.5, 0.6) is 0 Å². The lowest BCUT2D eigenvalue weighted by Gasteiger charge is -2.17. The van der Waals surface area contributed by atoms with Crippen molar-refractivity contribution in [2.75, 3.05) is 0 Å². The molecule has 1 aromatic carbocycles. The maximum atomic E-state index is 12.3. The number of fused-ring (bicyclic) bond motifs is 1. The molecule has 90 valence electrons. The smallest absolute Gasteiger partial charge is 0.194 e. The molecule has 2 heteroatoms. The molecule has 2 rings (SSSR count). The Morgan fingerprint density at radius 3 is 2.11 bits per heavy atom. The van der Waals surface area contributed by atoms with E-state index in [0.717, 1.165) is 6.42 Å². The number of carbonyl (C=O) groups excluding carboxylic acids is 2. The Morgan fingerprint density at radius 1 is 1.06 bits per heavy atom. The predicted molar refractivity (Wildman–Crippen MR) is 71.8 cm³/mol. The standard InChI is InChI=1S/C16H14O2/c1-3-5-8-12-11(4-2)15(17)13-9-6-7-10-14(13)16(12)18/h4-10H,2-3H2,1H3/b8-5-. The Kier molecular flexibility index (Phi) is 3.38. The van der Waals surface area contributed by atoms with Gasteiger partial charge in [-0.25, -0.2) is 0 Å². The third-order valence-electron chi connectivity index (χ3n) is 2.92. The fraction of sp³-hybridized carbons (Fsp3) is 0.125. The lowest BCUT2D eigenvalue weighted by atomic mass is 9.84. The van der Waals surface area contributed by atoms with E-state index in [2.05, 4.69) is 6.58 Å². The Balaban J connectivity index is 2.64. The second-order valence-electron chi connectivity index (χ2n) is 4.05. The minimum absolute atomic E-state index is 0.107. The van der Waals surface area contributed by atoms with Gasteiger partial charge in [0.25, 0.3) is 0 Å². The molecular weight excluding hydrogens is 224 g/mol. The fourth-order valence-electron chi connectivity index (χ4n) is 2.02. The molecule has 2 nitrogen and oxygen atoms in total. The fourth-order valence-corrected chi connectivity index (χ4v) is 2.02. The Morgan fingerprint density at radius 2 is 1.61 bits per heavy atom. The third kappa shape index (κ3) is 1.86. The minimum Gasteiger partial charge on any atom is -0.289 e. The number of allylic oxidation sites excluding steroid dienone is 5. The van der Waals surface area contributed by atoms with Gasteiger partial charge in [-0.3, -0.25) is 9.59 Å². The molecule has 18 heavy (non-hydrogen) atoms. The summed E-state index contributed by atoms with van der Waals surface area (Å²) in [5.41, 5.74) is 1.77. The van der Waals surface area contributed by atoms with Gasteiger partial charge in [0.1, 0.15) is 0 Å². The van der Waals surface area contributed by atoms with E-state index in [1.54, 1.807) is 30.3 Å². The van der Waals surface area contributed by atoms with Crippen LogP contribution in [0.2, 0.25) is 0 Å². The first kappa shape index (κ1) is 12.2. The molecule has 0 unspecified atom stereocenters. The molecule has 0 heterocycles. The number of carbonyl (C=O) groups is 2. The molecule has 0 N–H and O–H groups in total. The highest BCUT2D eigenvalue weighted by atomic mass is 16.1. The molecular formula is C16H14O2. The first-order valence-corrected chi connectivity index (χ1v) is 5.92. The number of Topliss-reactive ketones (excluding diaryl/α,β-unsaturated/α-hetero) is 2. The van der Waals surface area contributed by atoms with Gasteiger partial charge in [-0.15, -0.1) is 0 Å². The van der Waals surface area contributed by atoms with Gasteiger partial charge in [0.2, 0.25) is 0 Å². The van der Waals surface area contributed by atoms with Crippen LogP contribution in [0.25, 0.3) is 0 Å². The van der Waals surface area contributed by atoms with Crippen LogP contribution >= 0.6 is 0 Å². The summed E-state index contributed by atoms with van der Waals surface area (Å²) in [5.74, 6) is -0.235. The van der Waals surface area contributed by atoms with Crippen LogP contribution in [0, 0.1) is 0 Å². The van der Waals surface area contributed by atoms with Gasteiger partial charge in [-0.2, -0.15) is 0 Å². The van der Waals surface area contributed by atoms with Crippen molar-refractivity contribution in [3.8, 4) is 0 Å². The van der Waals surface area contributed by atoms with Crippen molar-refractivity contribution in [1.82, 2.24) is 0 Å². The van der Waals surface area contributed by atoms with Crippen LogP contribution < -0.4 is 0 Å². The zero-order chi connectivity index (χ0) is 13.1. The summed E-state index contributed by atoms with van der Waals surface area (Å²) < 4.78 is 0. The van der Waals surface area contributed by atoms with E-state index in [9.17, 15) is 9.59 Å². The molecule has 1 aliphatic rings. The molecule has 0 spiro atoms. The number of benzene rings is 1. The first-order chi connectivity index (χ1) is 8.70. The SMILES string of the molecule is C=CC1=C(/C=C\CC)C(=O)c2ccccc2C1=O. The predicted octanol–water partition coefficient (Wildman–Crippen LogP) is 3.51. The topological polar surface area (TPSA) is 34.1 Å². The maximum absolute atomic E-state index is 12.3. The van der Waals surface area contributed by atoms with E-state index >= 15 is 0 Å². The largest absolute Gasteiger partial charge is 0.289 e. The highest BCUT2D eigenvalue weighted by Crippen LogP contribution is 2.27. The second-order valence-corrected chi connectivity index (χ2v) is 4.05. The minimum atomic E-state index is -0.129. The summed E-state index contributed by atoms with van der Waals surface area (Å²) in [6, 6.07) is 6.90. The molecule has 0 fully saturated rings. The zero-order valence-corrected chi connectivity index (χ0v) is 10.3. The number of rotatable bonds is 3. The molecule has 0 bridgehead atoms. The second kappa shape index (κ2) is 4.96. The quantitative estimate of drug-likeness (QED) is 0.807. The van der Waals surface area contributed by atoms with Crippen molar-refractivity contribution in [3.05, 3.63) is 71.3 Å². The highest BCUT2D eigenvalue weighted by Gasteiger charge is 2.28. The number of ketones is 2. The average Bonchev–Trinajstić information content (AvgIpc) is 2.41. The number of hydrogen-bond donors (Lipinski definition) is 0. The van der Waals surface area contributed by atoms with Crippen molar-refractivity contribution < 1.29 is 9.59 Å². The highest BCUT2D eigenvalue weighted by molar-refractivity contribution is 6.28. The lowest BCUT2D eigenvalue weighted by Crippen LogP contribution is -2.20. The monoisotopic (exact) mass is 238 g/mol. The summed E-state index contributed by atoms with van der Waals surface area (Å²) in [5, 5.41) is 0. The van der Waals surface area contributed by atoms with Crippen LogP contribution in [0.15, 0.2) is 60.2 Å². The normalized spacial score (nSPS) is 15.2. The molecule has 0 aliphatic heterocycles. The average molecular weight is 238 g/mol. The van der Waals surface area contributed by atoms with E-state index in [1.807, 2.05) is 13.0 Å². The van der Waals surface area contributed by atoms with Crippen molar-refractivity contribution in [3.63, 3.8) is 0 Å². The number of hydrogen-bond acceptors (Lipinski definition) is 2. The van der Waals surface area contributed by atoms with Gasteiger partial charge < -0.3 is 0 Å². The molecule has 0 atom stereocenters. The van der Waals surface area contributed by atoms with Crippen LogP contribution in [0.4, 0.5) is 0 Å². The Labute approximate surface area is 106 Å². The van der Waals surface area contributed by atoms with Crippen LogP contribution in [0.1, 0.15) is 34.1 Å². The Bertz CT molecular complexity index is 589. The van der Waals surface area contributed by atoms with Gasteiger partial charge in [0.05, 0.1) is 0 Å². The van der Waals surface area contributed by atoms with Gasteiger partial charge in [0, 0.05) is 22.3 Å². The van der Waals surface area contributed by atoms with E-state index in [1.165, 1.54) is 6.08 Å². The summed E-state index contributed by atoms with van der Waals surface area (Å²) in [6.45, 7) is 5.62. The molecule has 0 saturated heterocycles. The molecule has 1 aliphatic carbocycles. The third-order valence-corrected chi connectivity index (χ3v) is 2.92. The van der Waals surface area contributed by atoms with Crippen molar-refractivity contribution >= 4 is 11.6 Å². The molecule has 1 aromatic rings. The summed E-state index contributed by atoms with van der Waals surface area (Å²) in [6.07, 6.45) is 5.87. The van der Waals surface area contributed by atoms with Crippen LogP contribution in [-0.4, -0.2) is 11.6 Å².